The zero-order chi connectivity index (χ0) is 25.1. The molecule has 1 aromatic heterocycles. The molecule has 1 N–H and O–H groups in total. The lowest BCUT2D eigenvalue weighted by molar-refractivity contribution is 0.0898. The van der Waals surface area contributed by atoms with Crippen LogP contribution in [0.15, 0.2) is 66.7 Å². The summed E-state index contributed by atoms with van der Waals surface area (Å²) >= 11 is 6.16. The van der Waals surface area contributed by atoms with Gasteiger partial charge in [-0.1, -0.05) is 67.1 Å². The average Bonchev–Trinajstić information content (AvgIpc) is 3.64. The van der Waals surface area contributed by atoms with Crippen LogP contribution in [0.5, 0.6) is 0 Å². The molecule has 4 heteroatoms. The van der Waals surface area contributed by atoms with E-state index in [4.69, 9.17) is 16.6 Å². The molecule has 0 amide bonds. The number of fused-ring (bicyclic) bond motifs is 3. The van der Waals surface area contributed by atoms with Crippen molar-refractivity contribution < 1.29 is 0 Å². The fraction of sp³-hybridized carbons (Fsp3) is 0.364. The molecule has 2 fully saturated rings. The Hall–Kier alpha value is -2.88. The molecular formula is C33H34ClN3. The molecule has 2 aliphatic carbocycles. The first-order valence-corrected chi connectivity index (χ1v) is 14.2. The van der Waals surface area contributed by atoms with Gasteiger partial charge in [-0.3, -0.25) is 0 Å². The summed E-state index contributed by atoms with van der Waals surface area (Å²) in [5, 5.41) is 0.718. The third-order valence-corrected chi connectivity index (χ3v) is 9.81. The fourth-order valence-corrected chi connectivity index (χ4v) is 7.69. The van der Waals surface area contributed by atoms with E-state index in [1.54, 1.807) is 5.56 Å². The van der Waals surface area contributed by atoms with Gasteiger partial charge in [0.15, 0.2) is 0 Å². The van der Waals surface area contributed by atoms with E-state index in [0.29, 0.717) is 17.9 Å². The first-order chi connectivity index (χ1) is 18.0. The van der Waals surface area contributed by atoms with E-state index in [-0.39, 0.29) is 5.41 Å². The number of likely N-dealkylation sites (tertiary alicyclic amines) is 1. The zero-order valence-electron chi connectivity index (χ0n) is 21.7. The Morgan fingerprint density at radius 1 is 1.05 bits per heavy atom. The molecule has 2 heterocycles. The molecule has 1 saturated carbocycles. The van der Waals surface area contributed by atoms with E-state index < -0.39 is 0 Å². The molecule has 3 nitrogen and oxygen atoms in total. The molecule has 1 aliphatic heterocycles. The number of allylic oxidation sites excluding steroid dienone is 1. The summed E-state index contributed by atoms with van der Waals surface area (Å²) in [5.41, 5.74) is 9.18. The van der Waals surface area contributed by atoms with Gasteiger partial charge in [0, 0.05) is 28.6 Å². The van der Waals surface area contributed by atoms with Crippen molar-refractivity contribution in [2.24, 2.45) is 5.92 Å². The molecule has 3 aromatic carbocycles. The minimum absolute atomic E-state index is 0.236. The molecule has 4 atom stereocenters. The number of hydrogen-bond donors (Lipinski definition) is 1. The van der Waals surface area contributed by atoms with Crippen LogP contribution in [-0.2, 0) is 5.41 Å². The number of nitrogens with zero attached hydrogens (tertiary/aromatic N) is 2. The number of piperidine rings is 1. The average molecular weight is 508 g/mol. The normalized spacial score (nSPS) is 27.4. The number of nitrogens with one attached hydrogen (secondary N) is 1. The monoisotopic (exact) mass is 507 g/mol. The van der Waals surface area contributed by atoms with Gasteiger partial charge in [0.25, 0.3) is 0 Å². The number of imidazole rings is 1. The third-order valence-electron chi connectivity index (χ3n) is 9.57. The van der Waals surface area contributed by atoms with Crippen molar-refractivity contribution in [3.05, 3.63) is 94.0 Å². The summed E-state index contributed by atoms with van der Waals surface area (Å²) < 4.78 is 0. The van der Waals surface area contributed by atoms with Crippen molar-refractivity contribution in [3.63, 3.8) is 0 Å². The maximum atomic E-state index is 6.16. The summed E-state index contributed by atoms with van der Waals surface area (Å²) in [5.74, 6) is 2.20. The Bertz CT molecular complexity index is 1520. The summed E-state index contributed by atoms with van der Waals surface area (Å²) in [4.78, 5) is 11.1. The van der Waals surface area contributed by atoms with Crippen molar-refractivity contribution in [2.75, 3.05) is 13.1 Å². The summed E-state index contributed by atoms with van der Waals surface area (Å²) in [6.45, 7) is 7.14. The largest absolute Gasteiger partial charge is 0.338 e. The van der Waals surface area contributed by atoms with E-state index in [1.165, 1.54) is 55.5 Å². The highest BCUT2D eigenvalue weighted by molar-refractivity contribution is 6.31. The molecule has 3 aliphatic rings. The van der Waals surface area contributed by atoms with Gasteiger partial charge >= 0.3 is 0 Å². The summed E-state index contributed by atoms with van der Waals surface area (Å²) in [7, 11) is 0. The number of aryl methyl sites for hydroxylation is 1. The molecule has 37 heavy (non-hydrogen) atoms. The number of aromatic nitrogens is 2. The molecule has 7 rings (SSSR count). The van der Waals surface area contributed by atoms with Crippen molar-refractivity contribution in [1.29, 1.82) is 0 Å². The molecule has 1 spiro atoms. The highest BCUT2D eigenvalue weighted by atomic mass is 35.5. The molecule has 3 unspecified atom stereocenters. The van der Waals surface area contributed by atoms with Crippen molar-refractivity contribution in [3.8, 4) is 11.4 Å². The van der Waals surface area contributed by atoms with Crippen LogP contribution in [0, 0.1) is 12.8 Å². The van der Waals surface area contributed by atoms with Crippen molar-refractivity contribution in [1.82, 2.24) is 14.9 Å². The van der Waals surface area contributed by atoms with E-state index in [2.05, 4.69) is 78.3 Å². The zero-order valence-corrected chi connectivity index (χ0v) is 22.4. The van der Waals surface area contributed by atoms with Gasteiger partial charge < -0.3 is 9.88 Å². The van der Waals surface area contributed by atoms with Gasteiger partial charge in [0.2, 0.25) is 0 Å². The number of hydrogen-bond acceptors (Lipinski definition) is 2. The predicted molar refractivity (Wildman–Crippen MR) is 154 cm³/mol. The minimum atomic E-state index is 0.236. The van der Waals surface area contributed by atoms with Crippen LogP contribution in [0.4, 0.5) is 0 Å². The number of aromatic amines is 1. The van der Waals surface area contributed by atoms with Crippen LogP contribution >= 0.6 is 11.6 Å². The fourth-order valence-electron chi connectivity index (χ4n) is 7.52. The van der Waals surface area contributed by atoms with Gasteiger partial charge in [-0.2, -0.15) is 0 Å². The van der Waals surface area contributed by atoms with Gasteiger partial charge in [-0.15, -0.1) is 0 Å². The SMILES string of the molecule is Cc1cc(-c2nc3cc(Cl)ccc3[nH]2)ccc1C1CCC(N2CCC3(C=Cc4ccccc43)[C@@H](C)C2)C1. The van der Waals surface area contributed by atoms with Crippen molar-refractivity contribution in [2.45, 2.75) is 56.9 Å². The summed E-state index contributed by atoms with van der Waals surface area (Å²) in [6.07, 6.45) is 9.97. The Morgan fingerprint density at radius 2 is 1.95 bits per heavy atom. The minimum Gasteiger partial charge on any atom is -0.338 e. The standard InChI is InChI=1S/C33H34ClN3/c1-21-17-25(32-35-30-12-9-26(34)19-31(30)36-32)8-11-28(21)24-7-10-27(18-24)37-16-15-33(22(2)20-37)14-13-23-5-3-4-6-29(23)33/h3-6,8-9,11-14,17,19,22,24,27H,7,10,15-16,18,20H2,1-2H3,(H,35,36)/t22-,24?,27?,33?/m0/s1. The molecule has 188 valence electrons. The van der Waals surface area contributed by atoms with E-state index >= 15 is 0 Å². The maximum Gasteiger partial charge on any atom is 0.138 e. The third kappa shape index (κ3) is 3.86. The Balaban J connectivity index is 1.05. The molecule has 1 saturated heterocycles. The predicted octanol–water partition coefficient (Wildman–Crippen LogP) is 8.13. The van der Waals surface area contributed by atoms with Crippen LogP contribution in [0.25, 0.3) is 28.5 Å². The lowest BCUT2D eigenvalue weighted by atomic mass is 9.68. The van der Waals surface area contributed by atoms with E-state index in [1.807, 2.05) is 18.2 Å². The van der Waals surface area contributed by atoms with Crippen LogP contribution in [-0.4, -0.2) is 34.0 Å². The second-order valence-electron chi connectivity index (χ2n) is 11.6. The first kappa shape index (κ1) is 23.3. The van der Waals surface area contributed by atoms with Crippen LogP contribution < -0.4 is 0 Å². The Labute approximate surface area is 224 Å². The Morgan fingerprint density at radius 3 is 2.81 bits per heavy atom. The Kier molecular flexibility index (Phi) is 5.56. The highest BCUT2D eigenvalue weighted by Crippen LogP contribution is 2.48. The van der Waals surface area contributed by atoms with Gasteiger partial charge in [0.1, 0.15) is 5.82 Å². The number of halogens is 1. The quantitative estimate of drug-likeness (QED) is 0.303. The smallest absolute Gasteiger partial charge is 0.138 e. The molecule has 4 aromatic rings. The molecule has 0 radical (unpaired) electrons. The van der Waals surface area contributed by atoms with Crippen LogP contribution in [0.3, 0.4) is 0 Å². The summed E-state index contributed by atoms with van der Waals surface area (Å²) in [6, 6.07) is 22.4. The van der Waals surface area contributed by atoms with E-state index in [0.717, 1.165) is 27.4 Å². The maximum absolute atomic E-state index is 6.16. The number of rotatable bonds is 3. The van der Waals surface area contributed by atoms with Gasteiger partial charge in [-0.25, -0.2) is 4.98 Å². The van der Waals surface area contributed by atoms with Crippen molar-refractivity contribution >= 4 is 28.7 Å². The van der Waals surface area contributed by atoms with E-state index in [9.17, 15) is 0 Å². The van der Waals surface area contributed by atoms with Crippen LogP contribution in [0.1, 0.15) is 60.8 Å². The topological polar surface area (TPSA) is 31.9 Å². The molecular weight excluding hydrogens is 474 g/mol. The van der Waals surface area contributed by atoms with Gasteiger partial charge in [0.05, 0.1) is 11.0 Å². The number of benzene rings is 3. The lowest BCUT2D eigenvalue weighted by Crippen LogP contribution is -2.50. The van der Waals surface area contributed by atoms with Gasteiger partial charge in [-0.05, 0) is 97.5 Å². The van der Waals surface area contributed by atoms with Crippen LogP contribution in [0.2, 0.25) is 5.02 Å². The molecule has 0 bridgehead atoms. The second kappa shape index (κ2) is 8.85. The first-order valence-electron chi connectivity index (χ1n) is 13.8. The number of H-pyrrole nitrogens is 1. The lowest BCUT2D eigenvalue weighted by Gasteiger charge is -2.46. The highest BCUT2D eigenvalue weighted by Gasteiger charge is 2.45. The second-order valence-corrected chi connectivity index (χ2v) is 12.0.